The van der Waals surface area contributed by atoms with Crippen molar-refractivity contribution in [2.45, 2.75) is 32.5 Å². The molecular formula is C19H28FN5O. The van der Waals surface area contributed by atoms with Crippen molar-refractivity contribution in [2.24, 2.45) is 0 Å². The average Bonchev–Trinajstić information content (AvgIpc) is 3.03. The van der Waals surface area contributed by atoms with Crippen LogP contribution >= 0.6 is 0 Å². The van der Waals surface area contributed by atoms with Crippen molar-refractivity contribution < 1.29 is 9.13 Å². The fourth-order valence-electron chi connectivity index (χ4n) is 3.40. The number of nitrogens with zero attached hydrogens (tertiary/aromatic N) is 5. The highest BCUT2D eigenvalue weighted by atomic mass is 19.1. The summed E-state index contributed by atoms with van der Waals surface area (Å²) in [5, 5.41) is 8.69. The Kier molecular flexibility index (Phi) is 6.34. The van der Waals surface area contributed by atoms with E-state index in [9.17, 15) is 4.39 Å². The maximum Gasteiger partial charge on any atom is 0.123 e. The third-order valence-electron chi connectivity index (χ3n) is 4.71. The van der Waals surface area contributed by atoms with Gasteiger partial charge in [-0.2, -0.15) is 0 Å². The molecule has 1 aromatic carbocycles. The van der Waals surface area contributed by atoms with Crippen LogP contribution in [-0.4, -0.2) is 65.2 Å². The van der Waals surface area contributed by atoms with Gasteiger partial charge in [-0.05, 0) is 38.7 Å². The summed E-state index contributed by atoms with van der Waals surface area (Å²) < 4.78 is 21.1. The zero-order chi connectivity index (χ0) is 18.5. The van der Waals surface area contributed by atoms with Gasteiger partial charge in [0.1, 0.15) is 11.5 Å². The Morgan fingerprint density at radius 2 is 2.04 bits per heavy atom. The molecule has 0 spiro atoms. The van der Waals surface area contributed by atoms with Crippen LogP contribution in [0.1, 0.15) is 29.8 Å². The van der Waals surface area contributed by atoms with Gasteiger partial charge in [0, 0.05) is 38.6 Å². The molecule has 1 aromatic heterocycles. The second kappa shape index (κ2) is 8.70. The van der Waals surface area contributed by atoms with E-state index in [2.05, 4.69) is 27.0 Å². The van der Waals surface area contributed by atoms with Crippen LogP contribution in [0.25, 0.3) is 0 Å². The minimum Gasteiger partial charge on any atom is -0.379 e. The number of hydrogen-bond donors (Lipinski definition) is 0. The SMILES string of the molecule is CCn1nnc2c1[C@H](COCCN(C)C)CN(Cc1ccc(F)cc1)C2. The summed E-state index contributed by atoms with van der Waals surface area (Å²) in [5.74, 6) is 0.0454. The summed E-state index contributed by atoms with van der Waals surface area (Å²) in [5.41, 5.74) is 3.33. The number of aromatic nitrogens is 3. The number of hydrogen-bond acceptors (Lipinski definition) is 5. The molecule has 1 aliphatic heterocycles. The Bertz CT molecular complexity index is 700. The molecule has 0 N–H and O–H groups in total. The molecule has 0 bridgehead atoms. The largest absolute Gasteiger partial charge is 0.379 e. The van der Waals surface area contributed by atoms with Crippen molar-refractivity contribution in [2.75, 3.05) is 40.4 Å². The third-order valence-corrected chi connectivity index (χ3v) is 4.71. The zero-order valence-electron chi connectivity index (χ0n) is 15.9. The highest BCUT2D eigenvalue weighted by Crippen LogP contribution is 2.28. The van der Waals surface area contributed by atoms with E-state index in [-0.39, 0.29) is 11.7 Å². The van der Waals surface area contributed by atoms with Gasteiger partial charge >= 0.3 is 0 Å². The number of rotatable bonds is 8. The van der Waals surface area contributed by atoms with Crippen molar-refractivity contribution in [3.8, 4) is 0 Å². The van der Waals surface area contributed by atoms with Crippen molar-refractivity contribution in [3.63, 3.8) is 0 Å². The molecule has 0 aliphatic carbocycles. The van der Waals surface area contributed by atoms with E-state index in [1.54, 1.807) is 0 Å². The predicted octanol–water partition coefficient (Wildman–Crippen LogP) is 2.11. The molecule has 1 aliphatic rings. The van der Waals surface area contributed by atoms with Crippen LogP contribution in [0.4, 0.5) is 4.39 Å². The standard InChI is InChI=1S/C19H28FN5O/c1-4-25-19-16(14-26-10-9-23(2)3)12-24(13-18(19)21-22-25)11-15-5-7-17(20)8-6-15/h5-8,16H,4,9-14H2,1-3H3/t16-/m0/s1. The van der Waals surface area contributed by atoms with Gasteiger partial charge in [-0.3, -0.25) is 4.90 Å². The second-order valence-electron chi connectivity index (χ2n) is 7.11. The highest BCUT2D eigenvalue weighted by molar-refractivity contribution is 5.21. The molecule has 26 heavy (non-hydrogen) atoms. The lowest BCUT2D eigenvalue weighted by molar-refractivity contribution is 0.0832. The summed E-state index contributed by atoms with van der Waals surface area (Å²) in [7, 11) is 4.09. The van der Waals surface area contributed by atoms with Crippen molar-refractivity contribution in [3.05, 3.63) is 47.0 Å². The fraction of sp³-hybridized carbons (Fsp3) is 0.579. The molecule has 0 radical (unpaired) electrons. The molecular weight excluding hydrogens is 333 g/mol. The van der Waals surface area contributed by atoms with E-state index in [0.29, 0.717) is 13.2 Å². The van der Waals surface area contributed by atoms with Crippen LogP contribution < -0.4 is 0 Å². The molecule has 0 saturated carbocycles. The molecule has 7 heteroatoms. The Balaban J connectivity index is 1.69. The quantitative estimate of drug-likeness (QED) is 0.674. The molecule has 2 heterocycles. The molecule has 142 valence electrons. The van der Waals surface area contributed by atoms with Gasteiger partial charge in [-0.15, -0.1) is 5.10 Å². The van der Waals surface area contributed by atoms with Gasteiger partial charge in [0.2, 0.25) is 0 Å². The van der Waals surface area contributed by atoms with Crippen LogP contribution in [0.3, 0.4) is 0 Å². The maximum atomic E-state index is 13.1. The molecule has 0 unspecified atom stereocenters. The summed E-state index contributed by atoms with van der Waals surface area (Å²) in [6.45, 7) is 7.61. The van der Waals surface area contributed by atoms with E-state index in [4.69, 9.17) is 4.74 Å². The summed E-state index contributed by atoms with van der Waals surface area (Å²) in [4.78, 5) is 4.45. The lowest BCUT2D eigenvalue weighted by Crippen LogP contribution is -2.36. The second-order valence-corrected chi connectivity index (χ2v) is 7.11. The van der Waals surface area contributed by atoms with Crippen molar-refractivity contribution in [1.82, 2.24) is 24.8 Å². The summed E-state index contributed by atoms with van der Waals surface area (Å²) in [6.07, 6.45) is 0. The van der Waals surface area contributed by atoms with E-state index >= 15 is 0 Å². The molecule has 3 rings (SSSR count). The van der Waals surface area contributed by atoms with Gasteiger partial charge < -0.3 is 9.64 Å². The van der Waals surface area contributed by atoms with Gasteiger partial charge in [0.05, 0.1) is 18.9 Å². The summed E-state index contributed by atoms with van der Waals surface area (Å²) in [6, 6.07) is 6.71. The number of ether oxygens (including phenoxy) is 1. The minimum atomic E-state index is -0.201. The van der Waals surface area contributed by atoms with E-state index < -0.39 is 0 Å². The van der Waals surface area contributed by atoms with Gasteiger partial charge in [-0.25, -0.2) is 9.07 Å². The molecule has 2 aromatic rings. The average molecular weight is 361 g/mol. The first-order valence-electron chi connectivity index (χ1n) is 9.18. The van der Waals surface area contributed by atoms with Crippen LogP contribution in [0.2, 0.25) is 0 Å². The fourth-order valence-corrected chi connectivity index (χ4v) is 3.40. The first-order chi connectivity index (χ1) is 12.6. The monoisotopic (exact) mass is 361 g/mol. The predicted molar refractivity (Wildman–Crippen MR) is 98.3 cm³/mol. The molecule has 0 fully saturated rings. The van der Waals surface area contributed by atoms with Crippen molar-refractivity contribution >= 4 is 0 Å². The van der Waals surface area contributed by atoms with E-state index in [0.717, 1.165) is 44.0 Å². The Morgan fingerprint density at radius 3 is 2.73 bits per heavy atom. The summed E-state index contributed by atoms with van der Waals surface area (Å²) >= 11 is 0. The van der Waals surface area contributed by atoms with Gasteiger partial charge in [0.15, 0.2) is 0 Å². The van der Waals surface area contributed by atoms with Gasteiger partial charge in [0.25, 0.3) is 0 Å². The third kappa shape index (κ3) is 4.66. The van der Waals surface area contributed by atoms with Crippen molar-refractivity contribution in [1.29, 1.82) is 0 Å². The number of likely N-dealkylation sites (N-methyl/N-ethyl adjacent to an activating group) is 1. The zero-order valence-corrected chi connectivity index (χ0v) is 15.9. The molecule has 1 atom stereocenters. The van der Waals surface area contributed by atoms with Gasteiger partial charge in [-0.1, -0.05) is 17.3 Å². The molecule has 6 nitrogen and oxygen atoms in total. The number of benzene rings is 1. The van der Waals surface area contributed by atoms with E-state index in [1.165, 1.54) is 17.8 Å². The van der Waals surface area contributed by atoms with E-state index in [1.807, 2.05) is 30.9 Å². The first kappa shape index (κ1) is 18.9. The lowest BCUT2D eigenvalue weighted by Gasteiger charge is -2.32. The van der Waals surface area contributed by atoms with Crippen LogP contribution in [0, 0.1) is 5.82 Å². The topological polar surface area (TPSA) is 46.4 Å². The van der Waals surface area contributed by atoms with Crippen LogP contribution in [0.15, 0.2) is 24.3 Å². The number of aryl methyl sites for hydroxylation is 1. The molecule has 0 amide bonds. The maximum absolute atomic E-state index is 13.1. The molecule has 0 saturated heterocycles. The number of halogens is 1. The first-order valence-corrected chi connectivity index (χ1v) is 9.18. The minimum absolute atomic E-state index is 0.201. The smallest absolute Gasteiger partial charge is 0.123 e. The Hall–Kier alpha value is -1.83. The highest BCUT2D eigenvalue weighted by Gasteiger charge is 2.30. The van der Waals surface area contributed by atoms with Crippen LogP contribution in [0.5, 0.6) is 0 Å². The Labute approximate surface area is 154 Å². The normalized spacial score (nSPS) is 17.7. The Morgan fingerprint density at radius 1 is 1.27 bits per heavy atom. The lowest BCUT2D eigenvalue weighted by atomic mass is 9.98. The number of fused-ring (bicyclic) bond motifs is 1. The van der Waals surface area contributed by atoms with Crippen LogP contribution in [-0.2, 0) is 24.4 Å².